The molecular formula is C12H10BrN3OS. The molecule has 2 rings (SSSR count). The zero-order valence-electron chi connectivity index (χ0n) is 9.34. The summed E-state index contributed by atoms with van der Waals surface area (Å²) < 4.78 is 6.59. The Hall–Kier alpha value is -1.53. The van der Waals surface area contributed by atoms with E-state index in [1.165, 1.54) is 6.20 Å². The SMILES string of the molecule is NC(=S)c1ccnnc1OCc1ccc(Br)cc1. The molecule has 6 heteroatoms. The number of aromatic nitrogens is 2. The minimum Gasteiger partial charge on any atom is -0.471 e. The average Bonchev–Trinajstić information content (AvgIpc) is 2.38. The number of benzene rings is 1. The van der Waals surface area contributed by atoms with Crippen molar-refractivity contribution in [2.45, 2.75) is 6.61 Å². The van der Waals surface area contributed by atoms with Crippen LogP contribution in [0.4, 0.5) is 0 Å². The third-order valence-corrected chi connectivity index (χ3v) is 2.99. The minimum absolute atomic E-state index is 0.246. The van der Waals surface area contributed by atoms with E-state index in [1.807, 2.05) is 24.3 Å². The normalized spacial score (nSPS) is 10.1. The van der Waals surface area contributed by atoms with Crippen LogP contribution in [0.2, 0.25) is 0 Å². The third-order valence-electron chi connectivity index (χ3n) is 2.24. The van der Waals surface area contributed by atoms with Gasteiger partial charge in [0.1, 0.15) is 11.6 Å². The van der Waals surface area contributed by atoms with E-state index < -0.39 is 0 Å². The van der Waals surface area contributed by atoms with E-state index >= 15 is 0 Å². The minimum atomic E-state index is 0.246. The van der Waals surface area contributed by atoms with Crippen LogP contribution in [0.15, 0.2) is 41.0 Å². The van der Waals surface area contributed by atoms with Crippen molar-refractivity contribution >= 4 is 33.1 Å². The summed E-state index contributed by atoms with van der Waals surface area (Å²) in [6.07, 6.45) is 1.53. The third kappa shape index (κ3) is 3.24. The van der Waals surface area contributed by atoms with Gasteiger partial charge in [-0.3, -0.25) is 0 Å². The van der Waals surface area contributed by atoms with E-state index in [1.54, 1.807) is 6.07 Å². The highest BCUT2D eigenvalue weighted by atomic mass is 79.9. The molecule has 0 spiro atoms. The second-order valence-electron chi connectivity index (χ2n) is 3.53. The summed E-state index contributed by atoms with van der Waals surface area (Å²) >= 11 is 8.30. The summed E-state index contributed by atoms with van der Waals surface area (Å²) in [6, 6.07) is 9.50. The molecular weight excluding hydrogens is 314 g/mol. The Bertz CT molecular complexity index is 560. The zero-order chi connectivity index (χ0) is 13.0. The molecule has 0 aliphatic rings. The Morgan fingerprint density at radius 2 is 2.00 bits per heavy atom. The molecule has 0 radical (unpaired) electrons. The fourth-order valence-electron chi connectivity index (χ4n) is 1.35. The lowest BCUT2D eigenvalue weighted by atomic mass is 10.2. The molecule has 92 valence electrons. The highest BCUT2D eigenvalue weighted by Gasteiger charge is 2.08. The number of hydrogen-bond donors (Lipinski definition) is 1. The smallest absolute Gasteiger partial charge is 0.244 e. The lowest BCUT2D eigenvalue weighted by Crippen LogP contribution is -2.13. The molecule has 0 atom stereocenters. The first-order chi connectivity index (χ1) is 8.66. The molecule has 1 heterocycles. The van der Waals surface area contributed by atoms with Crippen LogP contribution in [0.25, 0.3) is 0 Å². The van der Waals surface area contributed by atoms with Crippen LogP contribution in [0.3, 0.4) is 0 Å². The van der Waals surface area contributed by atoms with Gasteiger partial charge in [-0.25, -0.2) is 0 Å². The summed E-state index contributed by atoms with van der Waals surface area (Å²) in [5.74, 6) is 0.355. The van der Waals surface area contributed by atoms with Crippen LogP contribution in [0.1, 0.15) is 11.1 Å². The average molecular weight is 324 g/mol. The topological polar surface area (TPSA) is 61.0 Å². The van der Waals surface area contributed by atoms with Crippen molar-refractivity contribution in [2.75, 3.05) is 0 Å². The molecule has 18 heavy (non-hydrogen) atoms. The fourth-order valence-corrected chi connectivity index (χ4v) is 1.76. The molecule has 0 aliphatic carbocycles. The molecule has 0 bridgehead atoms. The number of rotatable bonds is 4. The van der Waals surface area contributed by atoms with Crippen molar-refractivity contribution in [3.05, 3.63) is 52.1 Å². The summed E-state index contributed by atoms with van der Waals surface area (Å²) in [5, 5.41) is 7.64. The predicted octanol–water partition coefficient (Wildman–Crippen LogP) is 2.45. The number of halogens is 1. The van der Waals surface area contributed by atoms with Crippen molar-refractivity contribution in [2.24, 2.45) is 5.73 Å². The second-order valence-corrected chi connectivity index (χ2v) is 4.88. The van der Waals surface area contributed by atoms with Gasteiger partial charge in [-0.15, -0.1) is 5.10 Å². The molecule has 0 aliphatic heterocycles. The number of nitrogens with zero attached hydrogens (tertiary/aromatic N) is 2. The van der Waals surface area contributed by atoms with Gasteiger partial charge in [-0.05, 0) is 23.8 Å². The number of ether oxygens (including phenoxy) is 1. The molecule has 0 amide bonds. The van der Waals surface area contributed by atoms with Gasteiger partial charge in [-0.1, -0.05) is 40.3 Å². The molecule has 0 unspecified atom stereocenters. The Kier molecular flexibility index (Phi) is 4.22. The lowest BCUT2D eigenvalue weighted by molar-refractivity contribution is 0.289. The van der Waals surface area contributed by atoms with Gasteiger partial charge < -0.3 is 10.5 Å². The van der Waals surface area contributed by atoms with E-state index in [0.717, 1.165) is 10.0 Å². The van der Waals surface area contributed by atoms with Gasteiger partial charge in [0.2, 0.25) is 5.88 Å². The van der Waals surface area contributed by atoms with E-state index in [4.69, 9.17) is 22.7 Å². The van der Waals surface area contributed by atoms with Crippen molar-refractivity contribution < 1.29 is 4.74 Å². The highest BCUT2D eigenvalue weighted by Crippen LogP contribution is 2.16. The quantitative estimate of drug-likeness (QED) is 0.876. The molecule has 2 aromatic rings. The van der Waals surface area contributed by atoms with E-state index in [2.05, 4.69) is 26.1 Å². The zero-order valence-corrected chi connectivity index (χ0v) is 11.7. The molecule has 1 aromatic heterocycles. The van der Waals surface area contributed by atoms with Gasteiger partial charge in [0.05, 0.1) is 11.8 Å². The van der Waals surface area contributed by atoms with Crippen molar-refractivity contribution in [3.63, 3.8) is 0 Å². The number of thiocarbonyl (C=S) groups is 1. The molecule has 0 fully saturated rings. The molecule has 0 saturated carbocycles. The van der Waals surface area contributed by atoms with Gasteiger partial charge >= 0.3 is 0 Å². The van der Waals surface area contributed by atoms with Crippen molar-refractivity contribution in [3.8, 4) is 5.88 Å². The maximum atomic E-state index is 5.58. The monoisotopic (exact) mass is 323 g/mol. The first-order valence-electron chi connectivity index (χ1n) is 5.15. The summed E-state index contributed by atoms with van der Waals surface area (Å²) in [4.78, 5) is 0.246. The van der Waals surface area contributed by atoms with Gasteiger partial charge in [0, 0.05) is 4.47 Å². The molecule has 0 saturated heterocycles. The molecule has 1 aromatic carbocycles. The first kappa shape index (κ1) is 12.9. The predicted molar refractivity (Wildman–Crippen MR) is 76.4 cm³/mol. The molecule has 4 nitrogen and oxygen atoms in total. The largest absolute Gasteiger partial charge is 0.471 e. The van der Waals surface area contributed by atoms with Crippen LogP contribution >= 0.6 is 28.1 Å². The Balaban J connectivity index is 2.10. The number of nitrogens with two attached hydrogens (primary N) is 1. The highest BCUT2D eigenvalue weighted by molar-refractivity contribution is 9.10. The second kappa shape index (κ2) is 5.88. The van der Waals surface area contributed by atoms with Crippen LogP contribution in [-0.2, 0) is 6.61 Å². The Labute approximate surface area is 118 Å². The summed E-state index contributed by atoms with van der Waals surface area (Å²) in [7, 11) is 0. The van der Waals surface area contributed by atoms with Crippen LogP contribution < -0.4 is 10.5 Å². The van der Waals surface area contributed by atoms with Crippen LogP contribution in [-0.4, -0.2) is 15.2 Å². The maximum absolute atomic E-state index is 5.58. The maximum Gasteiger partial charge on any atom is 0.244 e. The van der Waals surface area contributed by atoms with Gasteiger partial charge in [0.15, 0.2) is 0 Å². The number of hydrogen-bond acceptors (Lipinski definition) is 4. The Morgan fingerprint density at radius 1 is 1.28 bits per heavy atom. The fraction of sp³-hybridized carbons (Fsp3) is 0.0833. The van der Waals surface area contributed by atoms with Gasteiger partial charge in [-0.2, -0.15) is 5.10 Å². The first-order valence-corrected chi connectivity index (χ1v) is 6.35. The van der Waals surface area contributed by atoms with E-state index in [0.29, 0.717) is 18.1 Å². The lowest BCUT2D eigenvalue weighted by Gasteiger charge is -2.08. The van der Waals surface area contributed by atoms with Crippen molar-refractivity contribution in [1.29, 1.82) is 0 Å². The van der Waals surface area contributed by atoms with Gasteiger partial charge in [0.25, 0.3) is 0 Å². The van der Waals surface area contributed by atoms with Crippen molar-refractivity contribution in [1.82, 2.24) is 10.2 Å². The molecule has 2 N–H and O–H groups in total. The van der Waals surface area contributed by atoms with Crippen LogP contribution in [0.5, 0.6) is 5.88 Å². The summed E-state index contributed by atoms with van der Waals surface area (Å²) in [5.41, 5.74) is 7.20. The van der Waals surface area contributed by atoms with E-state index in [9.17, 15) is 0 Å². The standard InChI is InChI=1S/C12H10BrN3OS/c13-9-3-1-8(2-4-9)7-17-12-10(11(14)18)5-6-15-16-12/h1-6H,7H2,(H2,14,18). The summed E-state index contributed by atoms with van der Waals surface area (Å²) in [6.45, 7) is 0.390. The van der Waals surface area contributed by atoms with E-state index in [-0.39, 0.29) is 4.99 Å². The Morgan fingerprint density at radius 3 is 2.67 bits per heavy atom. The van der Waals surface area contributed by atoms with Crippen LogP contribution in [0, 0.1) is 0 Å².